The summed E-state index contributed by atoms with van der Waals surface area (Å²) in [7, 11) is 0. The summed E-state index contributed by atoms with van der Waals surface area (Å²) in [5.74, 6) is -1.15. The maximum absolute atomic E-state index is 12.1. The first-order valence-electron chi connectivity index (χ1n) is 6.89. The lowest BCUT2D eigenvalue weighted by Gasteiger charge is -2.16. The van der Waals surface area contributed by atoms with Gasteiger partial charge in [0.15, 0.2) is 0 Å². The highest BCUT2D eigenvalue weighted by Gasteiger charge is 2.17. The molecule has 0 saturated carbocycles. The molecule has 5 nitrogen and oxygen atoms in total. The molecule has 1 unspecified atom stereocenters. The second-order valence-electron chi connectivity index (χ2n) is 4.76. The van der Waals surface area contributed by atoms with Crippen molar-refractivity contribution in [3.63, 3.8) is 0 Å². The number of hydrogen-bond donors (Lipinski definition) is 3. The van der Waals surface area contributed by atoms with E-state index in [1.54, 1.807) is 6.07 Å². The predicted molar refractivity (Wildman–Crippen MR) is 78.5 cm³/mol. The number of carboxylic acid groups (broad SMARTS) is 1. The third-order valence-electron chi connectivity index (χ3n) is 3.18. The summed E-state index contributed by atoms with van der Waals surface area (Å²) >= 11 is 0. The van der Waals surface area contributed by atoms with Crippen LogP contribution in [0.4, 0.5) is 5.69 Å². The van der Waals surface area contributed by atoms with E-state index >= 15 is 0 Å². The van der Waals surface area contributed by atoms with Crippen LogP contribution in [0.15, 0.2) is 24.3 Å². The van der Waals surface area contributed by atoms with Crippen LogP contribution in [0.3, 0.4) is 0 Å². The molecule has 0 aromatic heterocycles. The van der Waals surface area contributed by atoms with Gasteiger partial charge in [-0.05, 0) is 24.5 Å². The summed E-state index contributed by atoms with van der Waals surface area (Å²) in [5.41, 5.74) is 7.11. The molecule has 1 atom stereocenters. The van der Waals surface area contributed by atoms with Gasteiger partial charge in [0.1, 0.15) is 0 Å². The van der Waals surface area contributed by atoms with Crippen LogP contribution < -0.4 is 11.1 Å². The van der Waals surface area contributed by atoms with Gasteiger partial charge in [-0.1, -0.05) is 31.5 Å². The van der Waals surface area contributed by atoms with E-state index in [9.17, 15) is 9.59 Å². The third kappa shape index (κ3) is 5.01. The van der Waals surface area contributed by atoms with Gasteiger partial charge in [-0.2, -0.15) is 0 Å². The van der Waals surface area contributed by atoms with Gasteiger partial charge >= 0.3 is 5.97 Å². The third-order valence-corrected chi connectivity index (χ3v) is 3.18. The number of amides is 1. The van der Waals surface area contributed by atoms with E-state index in [-0.39, 0.29) is 18.2 Å². The van der Waals surface area contributed by atoms with Crippen molar-refractivity contribution in [2.45, 2.75) is 32.6 Å². The summed E-state index contributed by atoms with van der Waals surface area (Å²) in [6.45, 7) is 2.33. The Morgan fingerprint density at radius 1 is 1.35 bits per heavy atom. The number of hydrogen-bond acceptors (Lipinski definition) is 3. The Kier molecular flexibility index (Phi) is 6.73. The van der Waals surface area contributed by atoms with Crippen LogP contribution >= 0.6 is 0 Å². The van der Waals surface area contributed by atoms with Crippen molar-refractivity contribution in [2.24, 2.45) is 11.7 Å². The fourth-order valence-corrected chi connectivity index (χ4v) is 2.04. The van der Waals surface area contributed by atoms with Gasteiger partial charge in [-0.25, -0.2) is 0 Å². The molecule has 20 heavy (non-hydrogen) atoms. The lowest BCUT2D eigenvalue weighted by atomic mass is 10.0. The Hall–Kier alpha value is -1.88. The second kappa shape index (κ2) is 8.32. The average Bonchev–Trinajstić information content (AvgIpc) is 2.43. The van der Waals surface area contributed by atoms with E-state index in [1.807, 2.05) is 25.1 Å². The summed E-state index contributed by atoms with van der Waals surface area (Å²) in [5, 5.41) is 11.6. The van der Waals surface area contributed by atoms with Crippen molar-refractivity contribution >= 4 is 17.6 Å². The maximum atomic E-state index is 12.1. The quantitative estimate of drug-likeness (QED) is 0.678. The molecule has 1 aromatic rings. The van der Waals surface area contributed by atoms with Gasteiger partial charge in [-0.3, -0.25) is 9.59 Å². The lowest BCUT2D eigenvalue weighted by molar-refractivity contribution is -0.137. The lowest BCUT2D eigenvalue weighted by Crippen LogP contribution is -2.29. The molecule has 0 radical (unpaired) electrons. The molecule has 0 fully saturated rings. The van der Waals surface area contributed by atoms with E-state index in [1.165, 1.54) is 0 Å². The molecule has 5 heteroatoms. The Bertz CT molecular complexity index is 460. The molecular formula is C15H22N2O3. The Balaban J connectivity index is 2.75. The van der Waals surface area contributed by atoms with Crippen LogP contribution in [0.25, 0.3) is 0 Å². The number of carboxylic acids is 1. The number of anilines is 1. The maximum Gasteiger partial charge on any atom is 0.303 e. The number of aryl methyl sites for hydroxylation is 1. The predicted octanol–water partition coefficient (Wildman–Crippen LogP) is 2.02. The molecule has 0 aliphatic carbocycles. The normalized spacial score (nSPS) is 11.9. The molecule has 1 amide bonds. The first kappa shape index (κ1) is 16.2. The van der Waals surface area contributed by atoms with Crippen molar-refractivity contribution < 1.29 is 14.7 Å². The van der Waals surface area contributed by atoms with E-state index < -0.39 is 5.97 Å². The Labute approximate surface area is 119 Å². The molecule has 0 saturated heterocycles. The van der Waals surface area contributed by atoms with Crippen LogP contribution in [0.5, 0.6) is 0 Å². The highest BCUT2D eigenvalue weighted by Crippen LogP contribution is 2.18. The number of nitrogens with one attached hydrogen (secondary N) is 1. The molecular weight excluding hydrogens is 256 g/mol. The molecule has 0 heterocycles. The molecule has 0 bridgehead atoms. The molecule has 0 aliphatic rings. The number of rotatable bonds is 8. The van der Waals surface area contributed by atoms with Gasteiger partial charge in [0.05, 0.1) is 5.92 Å². The van der Waals surface area contributed by atoms with Gasteiger partial charge in [0, 0.05) is 18.7 Å². The molecule has 0 spiro atoms. The number of aliphatic carboxylic acids is 1. The minimum Gasteiger partial charge on any atom is -0.481 e. The topological polar surface area (TPSA) is 92.4 Å². The highest BCUT2D eigenvalue weighted by molar-refractivity contribution is 5.93. The van der Waals surface area contributed by atoms with Gasteiger partial charge < -0.3 is 16.2 Å². The Morgan fingerprint density at radius 2 is 2.05 bits per heavy atom. The van der Waals surface area contributed by atoms with Crippen LogP contribution in [-0.4, -0.2) is 23.5 Å². The minimum atomic E-state index is -0.850. The summed E-state index contributed by atoms with van der Waals surface area (Å²) in [4.78, 5) is 22.8. The van der Waals surface area contributed by atoms with Crippen LogP contribution in [0.2, 0.25) is 0 Å². The smallest absolute Gasteiger partial charge is 0.303 e. The van der Waals surface area contributed by atoms with Crippen LogP contribution in [0.1, 0.15) is 31.7 Å². The van der Waals surface area contributed by atoms with Crippen molar-refractivity contribution in [3.8, 4) is 0 Å². The number of benzene rings is 1. The zero-order valence-electron chi connectivity index (χ0n) is 11.8. The number of nitrogens with two attached hydrogens (primary N) is 1. The van der Waals surface area contributed by atoms with Gasteiger partial charge in [-0.15, -0.1) is 0 Å². The van der Waals surface area contributed by atoms with Gasteiger partial charge in [0.25, 0.3) is 0 Å². The standard InChI is InChI=1S/C15H22N2O3/c1-2-5-12(10-16)15(20)17-13-7-4-3-6-11(13)8-9-14(18)19/h3-4,6-7,12H,2,5,8-10,16H2,1H3,(H,17,20)(H,18,19). The fourth-order valence-electron chi connectivity index (χ4n) is 2.04. The first-order valence-corrected chi connectivity index (χ1v) is 6.89. The Morgan fingerprint density at radius 3 is 2.65 bits per heavy atom. The van der Waals surface area contributed by atoms with E-state index in [0.717, 1.165) is 18.4 Å². The fraction of sp³-hybridized carbons (Fsp3) is 0.467. The summed E-state index contributed by atoms with van der Waals surface area (Å²) < 4.78 is 0. The van der Waals surface area contributed by atoms with E-state index in [4.69, 9.17) is 10.8 Å². The van der Waals surface area contributed by atoms with Crippen molar-refractivity contribution in [3.05, 3.63) is 29.8 Å². The molecule has 0 aliphatic heterocycles. The van der Waals surface area contributed by atoms with E-state index in [0.29, 0.717) is 18.7 Å². The van der Waals surface area contributed by atoms with Crippen molar-refractivity contribution in [1.29, 1.82) is 0 Å². The number of carbonyl (C=O) groups excluding carboxylic acids is 1. The highest BCUT2D eigenvalue weighted by atomic mass is 16.4. The van der Waals surface area contributed by atoms with Crippen LogP contribution in [-0.2, 0) is 16.0 Å². The monoisotopic (exact) mass is 278 g/mol. The molecule has 110 valence electrons. The number of carbonyl (C=O) groups is 2. The minimum absolute atomic E-state index is 0.0438. The molecule has 1 rings (SSSR count). The van der Waals surface area contributed by atoms with Crippen LogP contribution in [0, 0.1) is 5.92 Å². The second-order valence-corrected chi connectivity index (χ2v) is 4.76. The molecule has 1 aromatic carbocycles. The van der Waals surface area contributed by atoms with E-state index in [2.05, 4.69) is 5.32 Å². The summed E-state index contributed by atoms with van der Waals surface area (Å²) in [6.07, 6.45) is 2.09. The largest absolute Gasteiger partial charge is 0.481 e. The van der Waals surface area contributed by atoms with Crippen molar-refractivity contribution in [2.75, 3.05) is 11.9 Å². The first-order chi connectivity index (χ1) is 9.58. The SMILES string of the molecule is CCCC(CN)C(=O)Nc1ccccc1CCC(=O)O. The van der Waals surface area contributed by atoms with Gasteiger partial charge in [0.2, 0.25) is 5.91 Å². The average molecular weight is 278 g/mol. The number of para-hydroxylation sites is 1. The molecule has 4 N–H and O–H groups in total. The van der Waals surface area contributed by atoms with Crippen molar-refractivity contribution in [1.82, 2.24) is 0 Å². The summed E-state index contributed by atoms with van der Waals surface area (Å²) in [6, 6.07) is 7.26. The zero-order chi connectivity index (χ0) is 15.0. The zero-order valence-corrected chi connectivity index (χ0v) is 11.8.